The van der Waals surface area contributed by atoms with E-state index in [1.165, 1.54) is 5.56 Å². The second-order valence-corrected chi connectivity index (χ2v) is 5.46. The minimum atomic E-state index is -0.0799. The molecule has 0 aliphatic carbocycles. The topological polar surface area (TPSA) is 50.4 Å². The number of rotatable bonds is 5. The van der Waals surface area contributed by atoms with Crippen molar-refractivity contribution in [2.24, 2.45) is 10.7 Å². The molecule has 0 bridgehead atoms. The Balaban J connectivity index is 2.70. The van der Waals surface area contributed by atoms with Crippen molar-refractivity contribution in [1.29, 1.82) is 0 Å². The third-order valence-corrected chi connectivity index (χ3v) is 3.04. The molecule has 0 spiro atoms. The Bertz CT molecular complexity index is 413. The molecule has 0 amide bonds. The van der Waals surface area contributed by atoms with E-state index in [0.717, 1.165) is 18.0 Å². The average Bonchev–Trinajstić information content (AvgIpc) is 2.34. The Kier molecular flexibility index (Phi) is 5.48. The van der Waals surface area contributed by atoms with Gasteiger partial charge in [-0.05, 0) is 24.1 Å². The van der Waals surface area contributed by atoms with Gasteiger partial charge in [-0.25, -0.2) is 0 Å². The van der Waals surface area contributed by atoms with E-state index in [1.807, 2.05) is 18.2 Å². The number of hydrogen-bond donors (Lipinski definition) is 2. The van der Waals surface area contributed by atoms with E-state index in [-0.39, 0.29) is 5.41 Å². The van der Waals surface area contributed by atoms with Crippen LogP contribution in [0.5, 0.6) is 0 Å². The zero-order chi connectivity index (χ0) is 13.6. The highest BCUT2D eigenvalue weighted by Crippen LogP contribution is 2.25. The summed E-state index contributed by atoms with van der Waals surface area (Å²) in [6, 6.07) is 7.88. The van der Waals surface area contributed by atoms with Crippen molar-refractivity contribution in [3.63, 3.8) is 0 Å². The van der Waals surface area contributed by atoms with Crippen molar-refractivity contribution >= 4 is 17.6 Å². The molecule has 0 atom stereocenters. The first-order valence-corrected chi connectivity index (χ1v) is 6.63. The van der Waals surface area contributed by atoms with Crippen molar-refractivity contribution < 1.29 is 0 Å². The number of aliphatic imine (C=N–C) groups is 1. The molecule has 100 valence electrons. The van der Waals surface area contributed by atoms with Crippen LogP contribution in [-0.4, -0.2) is 19.0 Å². The number of benzene rings is 1. The zero-order valence-electron chi connectivity index (χ0n) is 11.3. The summed E-state index contributed by atoms with van der Waals surface area (Å²) in [5.41, 5.74) is 6.88. The molecule has 3 N–H and O–H groups in total. The number of nitrogens with zero attached hydrogens (tertiary/aromatic N) is 1. The second kappa shape index (κ2) is 6.64. The molecule has 1 aromatic rings. The molecule has 18 heavy (non-hydrogen) atoms. The second-order valence-electron chi connectivity index (χ2n) is 5.02. The highest BCUT2D eigenvalue weighted by atomic mass is 35.5. The number of guanidine groups is 1. The number of hydrogen-bond acceptors (Lipinski definition) is 1. The molecular formula is C14H22ClN3. The van der Waals surface area contributed by atoms with E-state index in [4.69, 9.17) is 17.3 Å². The van der Waals surface area contributed by atoms with Gasteiger partial charge in [-0.1, -0.05) is 44.5 Å². The predicted octanol–water partition coefficient (Wildman–Crippen LogP) is 2.93. The Morgan fingerprint density at radius 1 is 1.44 bits per heavy atom. The van der Waals surface area contributed by atoms with Crippen LogP contribution in [-0.2, 0) is 5.41 Å². The van der Waals surface area contributed by atoms with Gasteiger partial charge in [0, 0.05) is 17.0 Å². The molecule has 3 nitrogen and oxygen atoms in total. The largest absolute Gasteiger partial charge is 0.370 e. The molecule has 0 heterocycles. The molecular weight excluding hydrogens is 246 g/mol. The lowest BCUT2D eigenvalue weighted by atomic mass is 9.85. The summed E-state index contributed by atoms with van der Waals surface area (Å²) in [6.45, 7) is 7.85. The lowest BCUT2D eigenvalue weighted by molar-refractivity contribution is 0.538. The lowest BCUT2D eigenvalue weighted by Crippen LogP contribution is -2.34. The Labute approximate surface area is 114 Å². The number of nitrogens with one attached hydrogen (secondary N) is 1. The molecule has 0 unspecified atom stereocenters. The van der Waals surface area contributed by atoms with Gasteiger partial charge < -0.3 is 11.1 Å². The van der Waals surface area contributed by atoms with Gasteiger partial charge in [-0.15, -0.1) is 0 Å². The first-order valence-electron chi connectivity index (χ1n) is 6.25. The van der Waals surface area contributed by atoms with Crippen molar-refractivity contribution in [3.8, 4) is 0 Å². The van der Waals surface area contributed by atoms with Gasteiger partial charge >= 0.3 is 0 Å². The maximum absolute atomic E-state index is 6.01. The van der Waals surface area contributed by atoms with Crippen molar-refractivity contribution in [2.75, 3.05) is 13.1 Å². The standard InChI is InChI=1S/C14H22ClN3/c1-4-8-17-13(16)18-10-14(2,3)11-6-5-7-12(15)9-11/h5-7,9H,4,8,10H2,1-3H3,(H3,16,17,18). The summed E-state index contributed by atoms with van der Waals surface area (Å²) in [5, 5.41) is 3.82. The summed E-state index contributed by atoms with van der Waals surface area (Å²) in [4.78, 5) is 4.38. The average molecular weight is 268 g/mol. The smallest absolute Gasteiger partial charge is 0.188 e. The van der Waals surface area contributed by atoms with Crippen LogP contribution in [0.2, 0.25) is 5.02 Å². The predicted molar refractivity (Wildman–Crippen MR) is 79.3 cm³/mol. The maximum atomic E-state index is 6.01. The first kappa shape index (κ1) is 14.8. The van der Waals surface area contributed by atoms with E-state index in [9.17, 15) is 0 Å². The van der Waals surface area contributed by atoms with Crippen LogP contribution in [0.3, 0.4) is 0 Å². The van der Waals surface area contributed by atoms with E-state index >= 15 is 0 Å². The summed E-state index contributed by atoms with van der Waals surface area (Å²) in [5.74, 6) is 0.506. The fourth-order valence-corrected chi connectivity index (χ4v) is 1.78. The lowest BCUT2D eigenvalue weighted by Gasteiger charge is -2.23. The van der Waals surface area contributed by atoms with Gasteiger partial charge in [0.2, 0.25) is 0 Å². The Morgan fingerprint density at radius 2 is 2.17 bits per heavy atom. The summed E-state index contributed by atoms with van der Waals surface area (Å²) >= 11 is 6.01. The van der Waals surface area contributed by atoms with Gasteiger partial charge in [0.1, 0.15) is 0 Å². The van der Waals surface area contributed by atoms with E-state index in [1.54, 1.807) is 0 Å². The monoisotopic (exact) mass is 267 g/mol. The minimum Gasteiger partial charge on any atom is -0.370 e. The minimum absolute atomic E-state index is 0.0799. The normalized spacial score (nSPS) is 12.6. The quantitative estimate of drug-likeness (QED) is 0.637. The molecule has 0 radical (unpaired) electrons. The van der Waals surface area contributed by atoms with Gasteiger partial charge in [-0.2, -0.15) is 0 Å². The number of nitrogens with two attached hydrogens (primary N) is 1. The molecule has 0 fully saturated rings. The van der Waals surface area contributed by atoms with Crippen LogP contribution in [0.4, 0.5) is 0 Å². The van der Waals surface area contributed by atoms with E-state index in [2.05, 4.69) is 37.1 Å². The molecule has 0 saturated heterocycles. The van der Waals surface area contributed by atoms with Crippen molar-refractivity contribution in [3.05, 3.63) is 34.9 Å². The van der Waals surface area contributed by atoms with Gasteiger partial charge in [0.25, 0.3) is 0 Å². The summed E-state index contributed by atoms with van der Waals surface area (Å²) in [6.07, 6.45) is 1.04. The highest BCUT2D eigenvalue weighted by molar-refractivity contribution is 6.30. The van der Waals surface area contributed by atoms with Crippen LogP contribution in [0.25, 0.3) is 0 Å². The first-order chi connectivity index (χ1) is 8.45. The summed E-state index contributed by atoms with van der Waals surface area (Å²) in [7, 11) is 0. The fourth-order valence-electron chi connectivity index (χ4n) is 1.59. The van der Waals surface area contributed by atoms with Crippen molar-refractivity contribution in [1.82, 2.24) is 5.32 Å². The van der Waals surface area contributed by atoms with Crippen molar-refractivity contribution in [2.45, 2.75) is 32.6 Å². The Hall–Kier alpha value is -1.22. The van der Waals surface area contributed by atoms with Crippen LogP contribution in [0, 0.1) is 0 Å². The molecule has 1 aromatic carbocycles. The van der Waals surface area contributed by atoms with E-state index in [0.29, 0.717) is 12.5 Å². The van der Waals surface area contributed by atoms with Gasteiger partial charge in [-0.3, -0.25) is 4.99 Å². The molecule has 0 saturated carbocycles. The third-order valence-electron chi connectivity index (χ3n) is 2.81. The SMILES string of the molecule is CCCNC(N)=NCC(C)(C)c1cccc(Cl)c1. The molecule has 0 aliphatic heterocycles. The zero-order valence-corrected chi connectivity index (χ0v) is 12.1. The molecule has 0 aromatic heterocycles. The molecule has 4 heteroatoms. The van der Waals surface area contributed by atoms with Crippen LogP contribution in [0.1, 0.15) is 32.8 Å². The summed E-state index contributed by atoms with van der Waals surface area (Å²) < 4.78 is 0. The fraction of sp³-hybridized carbons (Fsp3) is 0.500. The molecule has 0 aliphatic rings. The highest BCUT2D eigenvalue weighted by Gasteiger charge is 2.20. The maximum Gasteiger partial charge on any atom is 0.188 e. The number of halogens is 1. The van der Waals surface area contributed by atoms with Crippen LogP contribution >= 0.6 is 11.6 Å². The van der Waals surface area contributed by atoms with Gasteiger partial charge in [0.05, 0.1) is 6.54 Å². The third kappa shape index (κ3) is 4.57. The van der Waals surface area contributed by atoms with Gasteiger partial charge in [0.15, 0.2) is 5.96 Å². The molecule has 1 rings (SSSR count). The van der Waals surface area contributed by atoms with Crippen LogP contribution in [0.15, 0.2) is 29.3 Å². The Morgan fingerprint density at radius 3 is 2.78 bits per heavy atom. The van der Waals surface area contributed by atoms with Crippen LogP contribution < -0.4 is 11.1 Å². The van der Waals surface area contributed by atoms with E-state index < -0.39 is 0 Å².